The molecular formula is C16H19N3O4. The number of methoxy groups -OCH3 is 1. The number of nitrogens with one attached hydrogen (secondary N) is 2. The van der Waals surface area contributed by atoms with Crippen molar-refractivity contribution in [3.8, 4) is 0 Å². The minimum absolute atomic E-state index is 0.229. The van der Waals surface area contributed by atoms with Crippen molar-refractivity contribution in [1.29, 1.82) is 0 Å². The molecule has 0 aliphatic rings. The second-order valence-electron chi connectivity index (χ2n) is 4.96. The van der Waals surface area contributed by atoms with Crippen molar-refractivity contribution < 1.29 is 18.8 Å². The zero-order chi connectivity index (χ0) is 16.7. The second-order valence-corrected chi connectivity index (χ2v) is 4.96. The van der Waals surface area contributed by atoms with Crippen molar-refractivity contribution in [3.63, 3.8) is 0 Å². The monoisotopic (exact) mass is 317 g/mol. The summed E-state index contributed by atoms with van der Waals surface area (Å²) in [6.45, 7) is 2.83. The summed E-state index contributed by atoms with van der Waals surface area (Å²) >= 11 is 0. The molecular weight excluding hydrogens is 298 g/mol. The minimum Gasteiger partial charge on any atom is -0.385 e. The number of hydrogen-bond donors (Lipinski definition) is 2. The maximum Gasteiger partial charge on any atom is 0.256 e. The molecule has 0 radical (unpaired) electrons. The first-order valence-corrected chi connectivity index (χ1v) is 7.22. The Labute approximate surface area is 134 Å². The lowest BCUT2D eigenvalue weighted by molar-refractivity contribution is 0.0948. The molecule has 0 aliphatic heterocycles. The van der Waals surface area contributed by atoms with Gasteiger partial charge < -0.3 is 19.9 Å². The Kier molecular flexibility index (Phi) is 5.87. The van der Waals surface area contributed by atoms with Crippen LogP contribution in [0.5, 0.6) is 0 Å². The highest BCUT2D eigenvalue weighted by Crippen LogP contribution is 2.11. The van der Waals surface area contributed by atoms with Crippen LogP contribution in [-0.2, 0) is 4.74 Å². The molecule has 7 nitrogen and oxygen atoms in total. The number of rotatable bonds is 7. The number of hydrogen-bond acceptors (Lipinski definition) is 5. The molecule has 2 rings (SSSR count). The maximum absolute atomic E-state index is 12.2. The highest BCUT2D eigenvalue weighted by atomic mass is 16.5. The van der Waals surface area contributed by atoms with Gasteiger partial charge in [0.05, 0.1) is 0 Å². The predicted octanol–water partition coefficient (Wildman–Crippen LogP) is 2.00. The molecule has 0 spiro atoms. The van der Waals surface area contributed by atoms with Crippen LogP contribution in [-0.4, -0.2) is 37.2 Å². The van der Waals surface area contributed by atoms with E-state index in [4.69, 9.17) is 9.26 Å². The van der Waals surface area contributed by atoms with E-state index in [1.165, 1.54) is 6.07 Å². The third kappa shape index (κ3) is 4.93. The molecule has 23 heavy (non-hydrogen) atoms. The number of ether oxygens (including phenoxy) is 1. The average Bonchev–Trinajstić information content (AvgIpc) is 2.96. The number of aromatic nitrogens is 1. The number of carbonyl (C=O) groups is 2. The highest BCUT2D eigenvalue weighted by molar-refractivity contribution is 6.05. The molecule has 0 fully saturated rings. The van der Waals surface area contributed by atoms with E-state index in [-0.39, 0.29) is 11.8 Å². The normalized spacial score (nSPS) is 10.3. The average molecular weight is 317 g/mol. The van der Waals surface area contributed by atoms with E-state index >= 15 is 0 Å². The Balaban J connectivity index is 1.98. The number of amides is 2. The third-order valence-corrected chi connectivity index (χ3v) is 3.07. The van der Waals surface area contributed by atoms with Gasteiger partial charge in [-0.2, -0.15) is 0 Å². The molecule has 7 heteroatoms. The standard InChI is InChI=1S/C16H19N3O4/c1-11-9-14(19-23-11)18-16(21)13-6-3-5-12(10-13)15(20)17-7-4-8-22-2/h3,5-6,9-10H,4,7-8H2,1-2H3,(H,17,20)(H,18,19,21). The fourth-order valence-electron chi connectivity index (χ4n) is 1.94. The number of anilines is 1. The minimum atomic E-state index is -0.354. The van der Waals surface area contributed by atoms with Crippen LogP contribution in [0.4, 0.5) is 5.82 Å². The van der Waals surface area contributed by atoms with Gasteiger partial charge in [0.25, 0.3) is 11.8 Å². The lowest BCUT2D eigenvalue weighted by Gasteiger charge is -2.07. The summed E-state index contributed by atoms with van der Waals surface area (Å²) < 4.78 is 9.81. The number of carbonyl (C=O) groups excluding carboxylic acids is 2. The molecule has 0 unspecified atom stereocenters. The molecule has 1 heterocycles. The smallest absolute Gasteiger partial charge is 0.256 e. The van der Waals surface area contributed by atoms with Gasteiger partial charge in [0.15, 0.2) is 5.82 Å². The Morgan fingerprint density at radius 3 is 2.61 bits per heavy atom. The number of benzene rings is 1. The zero-order valence-corrected chi connectivity index (χ0v) is 13.1. The van der Waals surface area contributed by atoms with Gasteiger partial charge in [0, 0.05) is 37.5 Å². The van der Waals surface area contributed by atoms with Gasteiger partial charge in [-0.15, -0.1) is 0 Å². The van der Waals surface area contributed by atoms with Crippen LogP contribution in [0.3, 0.4) is 0 Å². The molecule has 0 saturated carbocycles. The van der Waals surface area contributed by atoms with E-state index in [2.05, 4.69) is 15.8 Å². The maximum atomic E-state index is 12.2. The Morgan fingerprint density at radius 1 is 1.22 bits per heavy atom. The van der Waals surface area contributed by atoms with E-state index in [1.54, 1.807) is 38.3 Å². The van der Waals surface area contributed by atoms with Gasteiger partial charge in [0.1, 0.15) is 5.76 Å². The van der Waals surface area contributed by atoms with Crippen molar-refractivity contribution >= 4 is 17.6 Å². The van der Waals surface area contributed by atoms with Gasteiger partial charge >= 0.3 is 0 Å². The van der Waals surface area contributed by atoms with Gasteiger partial charge in [0.2, 0.25) is 0 Å². The van der Waals surface area contributed by atoms with Crippen LogP contribution in [0.1, 0.15) is 32.9 Å². The van der Waals surface area contributed by atoms with Gasteiger partial charge in [-0.05, 0) is 31.5 Å². The molecule has 1 aromatic carbocycles. The zero-order valence-electron chi connectivity index (χ0n) is 13.1. The first-order valence-electron chi connectivity index (χ1n) is 7.22. The fourth-order valence-corrected chi connectivity index (χ4v) is 1.94. The van der Waals surface area contributed by atoms with E-state index in [1.807, 2.05) is 0 Å². The molecule has 0 saturated heterocycles. The summed E-state index contributed by atoms with van der Waals surface area (Å²) in [5, 5.41) is 9.09. The molecule has 1 aromatic heterocycles. The van der Waals surface area contributed by atoms with E-state index in [0.717, 1.165) is 6.42 Å². The molecule has 122 valence electrons. The van der Waals surface area contributed by atoms with Crippen molar-refractivity contribution in [2.75, 3.05) is 25.6 Å². The van der Waals surface area contributed by atoms with E-state index in [9.17, 15) is 9.59 Å². The molecule has 0 atom stereocenters. The van der Waals surface area contributed by atoms with Gasteiger partial charge in [-0.25, -0.2) is 0 Å². The molecule has 2 N–H and O–H groups in total. The van der Waals surface area contributed by atoms with Crippen LogP contribution in [0.25, 0.3) is 0 Å². The summed E-state index contributed by atoms with van der Waals surface area (Å²) in [6.07, 6.45) is 0.730. The lowest BCUT2D eigenvalue weighted by atomic mass is 10.1. The topological polar surface area (TPSA) is 93.5 Å². The summed E-state index contributed by atoms with van der Waals surface area (Å²) in [6, 6.07) is 8.10. The first kappa shape index (κ1) is 16.7. The molecule has 2 amide bonds. The van der Waals surface area contributed by atoms with Crippen molar-refractivity contribution in [2.24, 2.45) is 0 Å². The van der Waals surface area contributed by atoms with Crippen LogP contribution in [0, 0.1) is 6.92 Å². The van der Waals surface area contributed by atoms with E-state index < -0.39 is 0 Å². The van der Waals surface area contributed by atoms with Crippen LogP contribution >= 0.6 is 0 Å². The van der Waals surface area contributed by atoms with E-state index in [0.29, 0.717) is 35.9 Å². The van der Waals surface area contributed by atoms with Crippen molar-refractivity contribution in [2.45, 2.75) is 13.3 Å². The number of nitrogens with zero attached hydrogens (tertiary/aromatic N) is 1. The van der Waals surface area contributed by atoms with Crippen molar-refractivity contribution in [3.05, 3.63) is 47.2 Å². The summed E-state index contributed by atoms with van der Waals surface area (Å²) in [7, 11) is 1.61. The summed E-state index contributed by atoms with van der Waals surface area (Å²) in [5.41, 5.74) is 0.793. The van der Waals surface area contributed by atoms with Crippen LogP contribution in [0.2, 0.25) is 0 Å². The highest BCUT2D eigenvalue weighted by Gasteiger charge is 2.12. The SMILES string of the molecule is COCCCNC(=O)c1cccc(C(=O)Nc2cc(C)on2)c1. The second kappa shape index (κ2) is 8.09. The van der Waals surface area contributed by atoms with Gasteiger partial charge in [-0.1, -0.05) is 11.2 Å². The van der Waals surface area contributed by atoms with Crippen molar-refractivity contribution in [1.82, 2.24) is 10.5 Å². The Morgan fingerprint density at radius 2 is 1.96 bits per heavy atom. The Bertz CT molecular complexity index is 681. The Hall–Kier alpha value is -2.67. The quantitative estimate of drug-likeness (QED) is 0.762. The first-order chi connectivity index (χ1) is 11.1. The summed E-state index contributed by atoms with van der Waals surface area (Å²) in [4.78, 5) is 24.2. The molecule has 0 aliphatic carbocycles. The number of aryl methyl sites for hydroxylation is 1. The lowest BCUT2D eigenvalue weighted by Crippen LogP contribution is -2.25. The predicted molar refractivity (Wildman–Crippen MR) is 84.5 cm³/mol. The van der Waals surface area contributed by atoms with Crippen LogP contribution < -0.4 is 10.6 Å². The third-order valence-electron chi connectivity index (χ3n) is 3.07. The van der Waals surface area contributed by atoms with Gasteiger partial charge in [-0.3, -0.25) is 9.59 Å². The largest absolute Gasteiger partial charge is 0.385 e. The summed E-state index contributed by atoms with van der Waals surface area (Å²) in [5.74, 6) is 0.353. The molecule has 2 aromatic rings. The fraction of sp³-hybridized carbons (Fsp3) is 0.312. The van der Waals surface area contributed by atoms with Crippen LogP contribution in [0.15, 0.2) is 34.9 Å². The molecule has 0 bridgehead atoms.